The Bertz CT molecular complexity index is 340. The molecule has 1 saturated carbocycles. The molecule has 0 aromatic heterocycles. The Hall–Kier alpha value is -0.660. The highest BCUT2D eigenvalue weighted by Gasteiger charge is 2.42. The molecular formula is C9H17NO5S. The average Bonchev–Trinajstić information content (AvgIpc) is 2.75. The average molecular weight is 251 g/mol. The number of nitrogens with one attached hydrogen (secondary N) is 1. The number of carbonyl (C=O) groups is 1. The van der Waals surface area contributed by atoms with Crippen molar-refractivity contribution in [3.63, 3.8) is 0 Å². The van der Waals surface area contributed by atoms with Crippen LogP contribution >= 0.6 is 0 Å². The lowest BCUT2D eigenvalue weighted by Gasteiger charge is -2.17. The molecule has 7 heteroatoms. The Morgan fingerprint density at radius 2 is 2.12 bits per heavy atom. The van der Waals surface area contributed by atoms with Crippen molar-refractivity contribution in [1.82, 2.24) is 4.89 Å². The van der Waals surface area contributed by atoms with E-state index < -0.39 is 27.2 Å². The van der Waals surface area contributed by atoms with Crippen molar-refractivity contribution in [2.75, 3.05) is 13.7 Å². The third-order valence-corrected chi connectivity index (χ3v) is 4.39. The van der Waals surface area contributed by atoms with Crippen molar-refractivity contribution >= 4 is 16.0 Å². The number of hydrogen-bond acceptors (Lipinski definition) is 5. The fraction of sp³-hybridized carbons (Fsp3) is 0.889. The molecule has 1 aliphatic rings. The van der Waals surface area contributed by atoms with E-state index in [9.17, 15) is 13.2 Å². The molecule has 0 radical (unpaired) electrons. The molecule has 0 bridgehead atoms. The molecule has 16 heavy (non-hydrogen) atoms. The first kappa shape index (κ1) is 13.4. The lowest BCUT2D eigenvalue weighted by molar-refractivity contribution is -0.145. The number of hydrogen-bond donors (Lipinski definition) is 1. The van der Waals surface area contributed by atoms with Crippen molar-refractivity contribution in [2.24, 2.45) is 5.92 Å². The quantitative estimate of drug-likeness (QED) is 0.557. The van der Waals surface area contributed by atoms with Crippen LogP contribution in [0.3, 0.4) is 0 Å². The lowest BCUT2D eigenvalue weighted by atomic mass is 10.1. The predicted octanol–water partition coefficient (Wildman–Crippen LogP) is 0.199. The minimum Gasteiger partial charge on any atom is -0.469 e. The van der Waals surface area contributed by atoms with Crippen LogP contribution in [0.25, 0.3) is 0 Å². The van der Waals surface area contributed by atoms with Crippen molar-refractivity contribution in [3.8, 4) is 0 Å². The zero-order chi connectivity index (χ0) is 12.2. The molecule has 1 fully saturated rings. The van der Waals surface area contributed by atoms with Crippen LogP contribution in [0, 0.1) is 5.92 Å². The van der Waals surface area contributed by atoms with Crippen molar-refractivity contribution in [3.05, 3.63) is 0 Å². The summed E-state index contributed by atoms with van der Waals surface area (Å²) in [6.45, 7) is 1.92. The summed E-state index contributed by atoms with van der Waals surface area (Å²) in [6.07, 6.45) is 1.71. The van der Waals surface area contributed by atoms with Crippen LogP contribution in [0.4, 0.5) is 0 Å². The number of methoxy groups -OCH3 is 1. The Morgan fingerprint density at radius 1 is 1.44 bits per heavy atom. The van der Waals surface area contributed by atoms with Gasteiger partial charge in [0.05, 0.1) is 24.9 Å². The summed E-state index contributed by atoms with van der Waals surface area (Å²) in [6, 6.07) is 0. The molecule has 0 aliphatic heterocycles. The Labute approximate surface area is 95.3 Å². The molecule has 1 N–H and O–H groups in total. The predicted molar refractivity (Wildman–Crippen MR) is 56.8 cm³/mol. The van der Waals surface area contributed by atoms with Crippen molar-refractivity contribution < 1.29 is 22.8 Å². The van der Waals surface area contributed by atoms with Gasteiger partial charge in [-0.05, 0) is 19.8 Å². The van der Waals surface area contributed by atoms with Gasteiger partial charge >= 0.3 is 5.97 Å². The van der Waals surface area contributed by atoms with Gasteiger partial charge in [0.1, 0.15) is 0 Å². The van der Waals surface area contributed by atoms with E-state index in [0.29, 0.717) is 19.3 Å². The number of sulfonamides is 1. The van der Waals surface area contributed by atoms with E-state index in [1.165, 1.54) is 7.11 Å². The summed E-state index contributed by atoms with van der Waals surface area (Å²) in [5.41, 5.74) is 0. The third kappa shape index (κ3) is 2.93. The van der Waals surface area contributed by atoms with E-state index in [1.807, 2.05) is 4.89 Å². The molecule has 2 unspecified atom stereocenters. The number of esters is 1. The molecule has 6 nitrogen and oxygen atoms in total. The highest BCUT2D eigenvalue weighted by atomic mass is 32.2. The molecule has 1 rings (SSSR count). The normalized spacial score (nSPS) is 25.6. The molecule has 0 amide bonds. The van der Waals surface area contributed by atoms with E-state index in [0.717, 1.165) is 0 Å². The minimum absolute atomic E-state index is 0.245. The maximum atomic E-state index is 11.8. The molecular weight excluding hydrogens is 234 g/mol. The Kier molecular flexibility index (Phi) is 4.69. The monoisotopic (exact) mass is 251 g/mol. The van der Waals surface area contributed by atoms with Crippen molar-refractivity contribution in [1.29, 1.82) is 0 Å². The van der Waals surface area contributed by atoms with Gasteiger partial charge in [0.15, 0.2) is 0 Å². The first-order valence-corrected chi connectivity index (χ1v) is 6.77. The summed E-state index contributed by atoms with van der Waals surface area (Å²) >= 11 is 0. The molecule has 2 atom stereocenters. The van der Waals surface area contributed by atoms with Crippen LogP contribution in [0.15, 0.2) is 0 Å². The zero-order valence-electron chi connectivity index (χ0n) is 9.43. The van der Waals surface area contributed by atoms with Gasteiger partial charge in [-0.25, -0.2) is 8.42 Å². The SMILES string of the molecule is CCONS(=O)(=O)C1CCCC1C(=O)OC. The first-order valence-electron chi connectivity index (χ1n) is 5.23. The summed E-state index contributed by atoms with van der Waals surface area (Å²) in [5.74, 6) is -1.05. The highest BCUT2D eigenvalue weighted by Crippen LogP contribution is 2.31. The van der Waals surface area contributed by atoms with E-state index >= 15 is 0 Å². The molecule has 94 valence electrons. The fourth-order valence-corrected chi connectivity index (χ4v) is 3.48. The standard InChI is InChI=1S/C9H17NO5S/c1-3-15-10-16(12,13)8-6-4-5-7(8)9(11)14-2/h7-8,10H,3-6H2,1-2H3. The second kappa shape index (κ2) is 5.60. The highest BCUT2D eigenvalue weighted by molar-refractivity contribution is 7.90. The van der Waals surface area contributed by atoms with Crippen LogP contribution < -0.4 is 4.89 Å². The number of rotatable bonds is 5. The fourth-order valence-electron chi connectivity index (χ4n) is 1.92. The van der Waals surface area contributed by atoms with Crippen LogP contribution in [0.5, 0.6) is 0 Å². The molecule has 0 aromatic rings. The van der Waals surface area contributed by atoms with Gasteiger partial charge in [-0.3, -0.25) is 9.63 Å². The van der Waals surface area contributed by atoms with Gasteiger partial charge in [0.2, 0.25) is 10.0 Å². The second-order valence-corrected chi connectivity index (χ2v) is 5.52. The largest absolute Gasteiger partial charge is 0.469 e. The lowest BCUT2D eigenvalue weighted by Crippen LogP contribution is -2.39. The van der Waals surface area contributed by atoms with Gasteiger partial charge in [-0.1, -0.05) is 11.3 Å². The van der Waals surface area contributed by atoms with Gasteiger partial charge in [-0.15, -0.1) is 0 Å². The van der Waals surface area contributed by atoms with Crippen molar-refractivity contribution in [2.45, 2.75) is 31.4 Å². The summed E-state index contributed by atoms with van der Waals surface area (Å²) in [5, 5.41) is -0.744. The Morgan fingerprint density at radius 3 is 2.69 bits per heavy atom. The number of carbonyl (C=O) groups excluding carboxylic acids is 1. The number of ether oxygens (including phenoxy) is 1. The minimum atomic E-state index is -3.60. The molecule has 0 spiro atoms. The van der Waals surface area contributed by atoms with E-state index in [2.05, 4.69) is 9.57 Å². The smallest absolute Gasteiger partial charge is 0.310 e. The van der Waals surface area contributed by atoms with E-state index in [1.54, 1.807) is 6.92 Å². The van der Waals surface area contributed by atoms with E-state index in [-0.39, 0.29) is 6.61 Å². The van der Waals surface area contributed by atoms with Crippen LogP contribution in [0.2, 0.25) is 0 Å². The summed E-state index contributed by atoms with van der Waals surface area (Å²) in [7, 11) is -2.34. The topological polar surface area (TPSA) is 81.7 Å². The molecule has 0 heterocycles. The third-order valence-electron chi connectivity index (χ3n) is 2.67. The van der Waals surface area contributed by atoms with Gasteiger partial charge in [-0.2, -0.15) is 0 Å². The van der Waals surface area contributed by atoms with E-state index in [4.69, 9.17) is 0 Å². The summed E-state index contributed by atoms with van der Waals surface area (Å²) < 4.78 is 28.1. The molecule has 1 aliphatic carbocycles. The van der Waals surface area contributed by atoms with Crippen LogP contribution in [-0.4, -0.2) is 33.4 Å². The van der Waals surface area contributed by atoms with Crippen LogP contribution in [-0.2, 0) is 24.4 Å². The van der Waals surface area contributed by atoms with Crippen LogP contribution in [0.1, 0.15) is 26.2 Å². The maximum Gasteiger partial charge on any atom is 0.310 e. The Balaban J connectivity index is 2.74. The second-order valence-electron chi connectivity index (χ2n) is 3.66. The maximum absolute atomic E-state index is 11.8. The summed E-state index contributed by atoms with van der Waals surface area (Å²) in [4.78, 5) is 18.1. The van der Waals surface area contributed by atoms with Gasteiger partial charge in [0.25, 0.3) is 0 Å². The molecule has 0 aromatic carbocycles. The zero-order valence-corrected chi connectivity index (χ0v) is 10.2. The van der Waals surface area contributed by atoms with Gasteiger partial charge < -0.3 is 4.74 Å². The first-order chi connectivity index (χ1) is 7.53. The molecule has 0 saturated heterocycles. The van der Waals surface area contributed by atoms with Gasteiger partial charge in [0, 0.05) is 0 Å².